The topological polar surface area (TPSA) is 83.6 Å². The summed E-state index contributed by atoms with van der Waals surface area (Å²) < 4.78 is 52.0. The summed E-state index contributed by atoms with van der Waals surface area (Å²) in [7, 11) is -5.56. The highest BCUT2D eigenvalue weighted by atomic mass is 32.2. The zero-order valence-electron chi connectivity index (χ0n) is 14.8. The van der Waals surface area contributed by atoms with E-state index in [-0.39, 0.29) is 4.90 Å². The van der Waals surface area contributed by atoms with Crippen LogP contribution in [0.15, 0.2) is 47.4 Å². The normalized spacial score (nSPS) is 14.5. The summed E-state index contributed by atoms with van der Waals surface area (Å²) >= 11 is 0. The molecule has 1 N–H and O–H groups in total. The summed E-state index contributed by atoms with van der Waals surface area (Å²) in [5.74, 6) is 0. The van der Waals surface area contributed by atoms with Crippen LogP contribution in [0.4, 0.5) is 11.4 Å². The van der Waals surface area contributed by atoms with Crippen LogP contribution < -0.4 is 9.03 Å². The predicted molar refractivity (Wildman–Crippen MR) is 104 cm³/mol. The molecule has 26 heavy (non-hydrogen) atoms. The Bertz CT molecular complexity index is 1010. The van der Waals surface area contributed by atoms with Crippen LogP contribution in [0.3, 0.4) is 0 Å². The molecule has 0 aliphatic heterocycles. The zero-order valence-corrected chi connectivity index (χ0v) is 16.4. The molecule has 140 valence electrons. The Labute approximate surface area is 155 Å². The minimum absolute atomic E-state index is 0.277. The molecule has 0 amide bonds. The van der Waals surface area contributed by atoms with E-state index >= 15 is 0 Å². The summed E-state index contributed by atoms with van der Waals surface area (Å²) in [6.07, 6.45) is 5.20. The van der Waals surface area contributed by atoms with Crippen LogP contribution in [-0.2, 0) is 32.9 Å². The van der Waals surface area contributed by atoms with Gasteiger partial charge in [0.05, 0.1) is 16.8 Å². The van der Waals surface area contributed by atoms with Crippen molar-refractivity contribution in [2.75, 3.05) is 22.3 Å². The van der Waals surface area contributed by atoms with Gasteiger partial charge < -0.3 is 0 Å². The van der Waals surface area contributed by atoms with Crippen molar-refractivity contribution in [1.82, 2.24) is 0 Å². The van der Waals surface area contributed by atoms with E-state index < -0.39 is 20.0 Å². The summed E-state index contributed by atoms with van der Waals surface area (Å²) in [5.41, 5.74) is 3.19. The lowest BCUT2D eigenvalue weighted by Gasteiger charge is -2.22. The number of anilines is 2. The minimum Gasteiger partial charge on any atom is -0.284 e. The monoisotopic (exact) mass is 394 g/mol. The van der Waals surface area contributed by atoms with Crippen LogP contribution in [0, 0.1) is 0 Å². The number of aryl methyl sites for hydroxylation is 2. The quantitative estimate of drug-likeness (QED) is 0.845. The standard InChI is InChI=1S/C18H22N2O4S2/c1-20(17-10-8-16(9-11-17)19-25(2,21)22)26(23,24)18-12-7-14-5-3-4-6-15(14)13-18/h7-13,19H,3-6H2,1-2H3. The fourth-order valence-electron chi connectivity index (χ4n) is 3.12. The number of benzene rings is 2. The summed E-state index contributed by atoms with van der Waals surface area (Å²) in [6, 6.07) is 11.6. The Hall–Kier alpha value is -2.06. The fourth-order valence-corrected chi connectivity index (χ4v) is 4.93. The van der Waals surface area contributed by atoms with Gasteiger partial charge in [-0.1, -0.05) is 6.07 Å². The lowest BCUT2D eigenvalue weighted by molar-refractivity contribution is 0.593. The molecular weight excluding hydrogens is 372 g/mol. The molecule has 0 saturated heterocycles. The molecule has 0 aromatic heterocycles. The molecule has 2 aromatic rings. The van der Waals surface area contributed by atoms with Gasteiger partial charge in [0.15, 0.2) is 0 Å². The number of fused-ring (bicyclic) bond motifs is 1. The minimum atomic E-state index is -3.68. The van der Waals surface area contributed by atoms with Crippen LogP contribution in [0.5, 0.6) is 0 Å². The van der Waals surface area contributed by atoms with E-state index in [1.165, 1.54) is 29.0 Å². The van der Waals surface area contributed by atoms with Crippen molar-refractivity contribution in [3.8, 4) is 0 Å². The number of sulfonamides is 2. The lowest BCUT2D eigenvalue weighted by atomic mass is 9.92. The maximum atomic E-state index is 12.9. The Morgan fingerprint density at radius 2 is 1.50 bits per heavy atom. The first-order valence-corrected chi connectivity index (χ1v) is 11.7. The van der Waals surface area contributed by atoms with Gasteiger partial charge in [-0.15, -0.1) is 0 Å². The molecule has 1 aliphatic rings. The van der Waals surface area contributed by atoms with E-state index in [4.69, 9.17) is 0 Å². The van der Waals surface area contributed by atoms with E-state index in [9.17, 15) is 16.8 Å². The number of nitrogens with zero attached hydrogens (tertiary/aromatic N) is 1. The third-order valence-electron chi connectivity index (χ3n) is 4.51. The highest BCUT2D eigenvalue weighted by molar-refractivity contribution is 7.92. The molecule has 0 saturated carbocycles. The second-order valence-electron chi connectivity index (χ2n) is 6.53. The predicted octanol–water partition coefficient (Wildman–Crippen LogP) is 2.76. The van der Waals surface area contributed by atoms with E-state index in [0.717, 1.165) is 37.5 Å². The van der Waals surface area contributed by atoms with Gasteiger partial charge in [0.1, 0.15) is 0 Å². The van der Waals surface area contributed by atoms with E-state index in [0.29, 0.717) is 11.4 Å². The smallest absolute Gasteiger partial charge is 0.264 e. The molecule has 8 heteroatoms. The first-order chi connectivity index (χ1) is 12.2. The molecule has 0 radical (unpaired) electrons. The molecule has 0 fully saturated rings. The van der Waals surface area contributed by atoms with Crippen molar-refractivity contribution in [2.45, 2.75) is 30.6 Å². The number of rotatable bonds is 5. The van der Waals surface area contributed by atoms with Gasteiger partial charge in [-0.25, -0.2) is 16.8 Å². The first kappa shape index (κ1) is 18.7. The van der Waals surface area contributed by atoms with Crippen molar-refractivity contribution >= 4 is 31.4 Å². The Morgan fingerprint density at radius 1 is 0.885 bits per heavy atom. The third-order valence-corrected chi connectivity index (χ3v) is 6.90. The van der Waals surface area contributed by atoms with E-state index in [1.807, 2.05) is 6.07 Å². The molecule has 0 unspecified atom stereocenters. The number of hydrogen-bond acceptors (Lipinski definition) is 4. The molecular formula is C18H22N2O4S2. The Kier molecular flexibility index (Phi) is 4.98. The van der Waals surface area contributed by atoms with Gasteiger partial charge in [-0.05, 0) is 73.2 Å². The average Bonchev–Trinajstić information content (AvgIpc) is 2.60. The zero-order chi connectivity index (χ0) is 18.9. The van der Waals surface area contributed by atoms with Gasteiger partial charge >= 0.3 is 0 Å². The number of nitrogens with one attached hydrogen (secondary N) is 1. The van der Waals surface area contributed by atoms with Crippen molar-refractivity contribution in [1.29, 1.82) is 0 Å². The van der Waals surface area contributed by atoms with E-state index in [1.54, 1.807) is 24.3 Å². The second kappa shape index (κ2) is 6.92. The van der Waals surface area contributed by atoms with Crippen LogP contribution in [0.2, 0.25) is 0 Å². The fraction of sp³-hybridized carbons (Fsp3) is 0.333. The van der Waals surface area contributed by atoms with Crippen LogP contribution in [0.25, 0.3) is 0 Å². The van der Waals surface area contributed by atoms with Gasteiger partial charge in [-0.3, -0.25) is 9.03 Å². The first-order valence-electron chi connectivity index (χ1n) is 8.35. The highest BCUT2D eigenvalue weighted by Crippen LogP contribution is 2.28. The molecule has 0 heterocycles. The Balaban J connectivity index is 1.87. The Morgan fingerprint density at radius 3 is 2.12 bits per heavy atom. The molecule has 0 bridgehead atoms. The number of hydrogen-bond donors (Lipinski definition) is 1. The molecule has 1 aliphatic carbocycles. The van der Waals surface area contributed by atoms with E-state index in [2.05, 4.69) is 4.72 Å². The van der Waals surface area contributed by atoms with Gasteiger partial charge in [0, 0.05) is 12.7 Å². The average molecular weight is 395 g/mol. The molecule has 6 nitrogen and oxygen atoms in total. The largest absolute Gasteiger partial charge is 0.284 e. The van der Waals surface area contributed by atoms with Crippen LogP contribution in [0.1, 0.15) is 24.0 Å². The van der Waals surface area contributed by atoms with Crippen molar-refractivity contribution in [2.24, 2.45) is 0 Å². The molecule has 2 aromatic carbocycles. The van der Waals surface area contributed by atoms with Gasteiger partial charge in [0.25, 0.3) is 10.0 Å². The molecule has 0 atom stereocenters. The van der Waals surface area contributed by atoms with Gasteiger partial charge in [0.2, 0.25) is 10.0 Å². The van der Waals surface area contributed by atoms with Crippen molar-refractivity contribution in [3.05, 3.63) is 53.6 Å². The highest BCUT2D eigenvalue weighted by Gasteiger charge is 2.23. The summed E-state index contributed by atoms with van der Waals surface area (Å²) in [6.45, 7) is 0. The van der Waals surface area contributed by atoms with Crippen molar-refractivity contribution in [3.63, 3.8) is 0 Å². The summed E-state index contributed by atoms with van der Waals surface area (Å²) in [5, 5.41) is 0. The van der Waals surface area contributed by atoms with Crippen molar-refractivity contribution < 1.29 is 16.8 Å². The second-order valence-corrected chi connectivity index (χ2v) is 10.2. The van der Waals surface area contributed by atoms with Crippen LogP contribution >= 0.6 is 0 Å². The summed E-state index contributed by atoms with van der Waals surface area (Å²) in [4.78, 5) is 0.277. The molecule has 3 rings (SSSR count). The maximum absolute atomic E-state index is 12.9. The SMILES string of the molecule is CN(c1ccc(NS(C)(=O)=O)cc1)S(=O)(=O)c1ccc2c(c1)CCCC2. The lowest BCUT2D eigenvalue weighted by Crippen LogP contribution is -2.26. The van der Waals surface area contributed by atoms with Crippen LogP contribution in [-0.4, -0.2) is 30.1 Å². The third kappa shape index (κ3) is 4.02. The maximum Gasteiger partial charge on any atom is 0.264 e. The molecule has 0 spiro atoms. The van der Waals surface area contributed by atoms with Gasteiger partial charge in [-0.2, -0.15) is 0 Å².